The Balaban J connectivity index is 2.38. The highest BCUT2D eigenvalue weighted by molar-refractivity contribution is 9.10. The highest BCUT2D eigenvalue weighted by Gasteiger charge is 2.20. The molecule has 0 spiro atoms. The fraction of sp³-hybridized carbons (Fsp3) is 0.250. The molecule has 0 radical (unpaired) electrons. The third-order valence-corrected chi connectivity index (χ3v) is 4.47. The second kappa shape index (κ2) is 7.34. The fourth-order valence-electron chi connectivity index (χ4n) is 2.29. The lowest BCUT2D eigenvalue weighted by molar-refractivity contribution is 0.508. The van der Waals surface area contributed by atoms with Crippen LogP contribution in [0.4, 0.5) is 8.78 Å². The van der Waals surface area contributed by atoms with Crippen LogP contribution in [0.2, 0.25) is 5.02 Å². The average Bonchev–Trinajstić information content (AvgIpc) is 2.44. The van der Waals surface area contributed by atoms with Crippen LogP contribution in [-0.4, -0.2) is 6.54 Å². The molecule has 1 N–H and O–H groups in total. The molecule has 2 aromatic rings. The van der Waals surface area contributed by atoms with Crippen LogP contribution in [-0.2, 0) is 6.42 Å². The van der Waals surface area contributed by atoms with Gasteiger partial charge in [0.2, 0.25) is 0 Å². The van der Waals surface area contributed by atoms with Crippen LogP contribution in [0.5, 0.6) is 0 Å². The summed E-state index contributed by atoms with van der Waals surface area (Å²) in [7, 11) is 0. The normalized spacial score (nSPS) is 12.4. The molecule has 0 aliphatic carbocycles. The first-order valence-electron chi connectivity index (χ1n) is 6.64. The van der Waals surface area contributed by atoms with Gasteiger partial charge in [-0.05, 0) is 52.7 Å². The fourth-order valence-corrected chi connectivity index (χ4v) is 3.01. The molecule has 1 atom stereocenters. The first-order chi connectivity index (χ1) is 10.0. The van der Waals surface area contributed by atoms with Gasteiger partial charge >= 0.3 is 0 Å². The Bertz CT molecular complexity index is 613. The largest absolute Gasteiger partial charge is 0.310 e. The van der Waals surface area contributed by atoms with Crippen molar-refractivity contribution in [2.75, 3.05) is 6.54 Å². The zero-order valence-electron chi connectivity index (χ0n) is 11.5. The summed E-state index contributed by atoms with van der Waals surface area (Å²) in [6, 6.07) is 9.13. The summed E-state index contributed by atoms with van der Waals surface area (Å²) in [5.41, 5.74) is 1.18. The topological polar surface area (TPSA) is 12.0 Å². The number of halogens is 4. The van der Waals surface area contributed by atoms with E-state index in [1.165, 1.54) is 12.1 Å². The van der Waals surface area contributed by atoms with E-state index >= 15 is 0 Å². The van der Waals surface area contributed by atoms with E-state index in [4.69, 9.17) is 11.6 Å². The van der Waals surface area contributed by atoms with Crippen molar-refractivity contribution in [2.24, 2.45) is 0 Å². The van der Waals surface area contributed by atoms with Crippen molar-refractivity contribution < 1.29 is 8.78 Å². The van der Waals surface area contributed by atoms with E-state index in [2.05, 4.69) is 21.2 Å². The van der Waals surface area contributed by atoms with Crippen molar-refractivity contribution in [1.29, 1.82) is 0 Å². The summed E-state index contributed by atoms with van der Waals surface area (Å²) in [5, 5.41) is 3.58. The third kappa shape index (κ3) is 3.82. The second-order valence-electron chi connectivity index (χ2n) is 4.66. The lowest BCUT2D eigenvalue weighted by Gasteiger charge is -2.21. The Morgan fingerprint density at radius 3 is 2.48 bits per heavy atom. The molecule has 2 aromatic carbocycles. The molecule has 0 aliphatic rings. The number of nitrogens with one attached hydrogen (secondary N) is 1. The second-order valence-corrected chi connectivity index (χ2v) is 5.86. The molecule has 0 fully saturated rings. The predicted octanol–water partition coefficient (Wildman–Crippen LogP) is 5.27. The van der Waals surface area contributed by atoms with Crippen LogP contribution in [0, 0.1) is 11.6 Å². The molecule has 112 valence electrons. The van der Waals surface area contributed by atoms with E-state index in [0.717, 1.165) is 5.56 Å². The van der Waals surface area contributed by atoms with Crippen LogP contribution >= 0.6 is 27.5 Å². The molecule has 5 heteroatoms. The molecule has 0 aliphatic heterocycles. The van der Waals surface area contributed by atoms with Crippen LogP contribution in [0.1, 0.15) is 24.1 Å². The van der Waals surface area contributed by atoms with Gasteiger partial charge in [0.1, 0.15) is 11.6 Å². The van der Waals surface area contributed by atoms with Gasteiger partial charge < -0.3 is 5.32 Å². The Kier molecular flexibility index (Phi) is 5.73. The molecule has 0 saturated heterocycles. The molecular formula is C16H15BrClF2N. The average molecular weight is 375 g/mol. The standard InChI is InChI=1S/C16H15BrClF2N/c1-2-21-14(15-11(18)6-4-7-12(15)19)9-10-5-3-8-13(20)16(10)17/h3-8,14,21H,2,9H2,1H3. The molecule has 0 bridgehead atoms. The number of rotatable bonds is 5. The van der Waals surface area contributed by atoms with Gasteiger partial charge in [0.25, 0.3) is 0 Å². The zero-order chi connectivity index (χ0) is 15.4. The van der Waals surface area contributed by atoms with Gasteiger partial charge in [-0.25, -0.2) is 8.78 Å². The molecule has 2 rings (SSSR count). The van der Waals surface area contributed by atoms with Crippen molar-refractivity contribution in [1.82, 2.24) is 5.32 Å². The van der Waals surface area contributed by atoms with E-state index in [9.17, 15) is 8.78 Å². The molecule has 0 heterocycles. The van der Waals surface area contributed by atoms with Crippen LogP contribution in [0.25, 0.3) is 0 Å². The molecule has 0 saturated carbocycles. The Morgan fingerprint density at radius 2 is 1.81 bits per heavy atom. The van der Waals surface area contributed by atoms with Crippen LogP contribution in [0.15, 0.2) is 40.9 Å². The quantitative estimate of drug-likeness (QED) is 0.751. The maximum atomic E-state index is 14.1. The van der Waals surface area contributed by atoms with Gasteiger partial charge in [-0.2, -0.15) is 0 Å². The summed E-state index contributed by atoms with van der Waals surface area (Å²) in [4.78, 5) is 0. The Hall–Kier alpha value is -0.970. The third-order valence-electron chi connectivity index (χ3n) is 3.25. The summed E-state index contributed by atoms with van der Waals surface area (Å²) in [5.74, 6) is -0.691. The van der Waals surface area contributed by atoms with Gasteiger partial charge in [-0.1, -0.05) is 36.7 Å². The van der Waals surface area contributed by atoms with E-state index in [0.29, 0.717) is 28.0 Å². The van der Waals surface area contributed by atoms with E-state index in [1.807, 2.05) is 13.0 Å². The molecule has 21 heavy (non-hydrogen) atoms. The van der Waals surface area contributed by atoms with Gasteiger partial charge in [-0.15, -0.1) is 0 Å². The van der Waals surface area contributed by atoms with E-state index in [1.54, 1.807) is 18.2 Å². The number of hydrogen-bond acceptors (Lipinski definition) is 1. The first kappa shape index (κ1) is 16.4. The maximum Gasteiger partial charge on any atom is 0.137 e. The molecule has 0 aromatic heterocycles. The SMILES string of the molecule is CCNC(Cc1cccc(F)c1Br)c1c(F)cccc1Cl. The summed E-state index contributed by atoms with van der Waals surface area (Å²) in [6.07, 6.45) is 0.437. The Labute approximate surface area is 136 Å². The maximum absolute atomic E-state index is 14.1. The van der Waals surface area contributed by atoms with Crippen molar-refractivity contribution in [3.63, 3.8) is 0 Å². The number of likely N-dealkylation sites (N-methyl/N-ethyl adjacent to an activating group) is 1. The summed E-state index contributed by atoms with van der Waals surface area (Å²) < 4.78 is 28.1. The van der Waals surface area contributed by atoms with Gasteiger partial charge in [0.15, 0.2) is 0 Å². The highest BCUT2D eigenvalue weighted by Crippen LogP contribution is 2.31. The molecule has 0 amide bonds. The van der Waals surface area contributed by atoms with Crippen molar-refractivity contribution in [3.8, 4) is 0 Å². The predicted molar refractivity (Wildman–Crippen MR) is 85.6 cm³/mol. The molecule has 1 nitrogen and oxygen atoms in total. The van der Waals surface area contributed by atoms with Crippen LogP contribution in [0.3, 0.4) is 0 Å². The minimum Gasteiger partial charge on any atom is -0.310 e. The monoisotopic (exact) mass is 373 g/mol. The lowest BCUT2D eigenvalue weighted by atomic mass is 9.98. The minimum atomic E-state index is -0.360. The highest BCUT2D eigenvalue weighted by atomic mass is 79.9. The van der Waals surface area contributed by atoms with Gasteiger partial charge in [0.05, 0.1) is 4.47 Å². The van der Waals surface area contributed by atoms with Crippen LogP contribution < -0.4 is 5.32 Å². The summed E-state index contributed by atoms with van der Waals surface area (Å²) in [6.45, 7) is 2.59. The van der Waals surface area contributed by atoms with Crippen molar-refractivity contribution in [3.05, 3.63) is 68.7 Å². The van der Waals surface area contributed by atoms with Crippen molar-refractivity contribution in [2.45, 2.75) is 19.4 Å². The number of benzene rings is 2. The minimum absolute atomic E-state index is 0.318. The Morgan fingerprint density at radius 1 is 1.14 bits per heavy atom. The smallest absolute Gasteiger partial charge is 0.137 e. The molecular weight excluding hydrogens is 360 g/mol. The van der Waals surface area contributed by atoms with E-state index < -0.39 is 0 Å². The zero-order valence-corrected chi connectivity index (χ0v) is 13.8. The molecule has 1 unspecified atom stereocenters. The first-order valence-corrected chi connectivity index (χ1v) is 7.81. The summed E-state index contributed by atoms with van der Waals surface area (Å²) >= 11 is 9.37. The van der Waals surface area contributed by atoms with Gasteiger partial charge in [-0.3, -0.25) is 0 Å². The lowest BCUT2D eigenvalue weighted by Crippen LogP contribution is -2.24. The van der Waals surface area contributed by atoms with Gasteiger partial charge in [0, 0.05) is 16.6 Å². The van der Waals surface area contributed by atoms with Crippen molar-refractivity contribution >= 4 is 27.5 Å². The van der Waals surface area contributed by atoms with E-state index in [-0.39, 0.29) is 17.7 Å². The number of hydrogen-bond donors (Lipinski definition) is 1.